The van der Waals surface area contributed by atoms with E-state index in [1.165, 1.54) is 15.5 Å². The molecule has 2 aromatic heterocycles. The van der Waals surface area contributed by atoms with Gasteiger partial charge in [-0.3, -0.25) is 5.32 Å². The average Bonchev–Trinajstić information content (AvgIpc) is 3.42. The van der Waals surface area contributed by atoms with Crippen molar-refractivity contribution in [3.63, 3.8) is 0 Å². The normalized spacial score (nSPS) is 22.0. The molecule has 146 valence electrons. The predicted octanol–water partition coefficient (Wildman–Crippen LogP) is 4.50. The number of fused-ring (bicyclic) bond motifs is 2. The zero-order valence-corrected chi connectivity index (χ0v) is 17.9. The first-order valence-corrected chi connectivity index (χ1v) is 11.8. The number of nitrogens with one attached hydrogen (secondary N) is 2. The maximum absolute atomic E-state index is 12.7. The van der Waals surface area contributed by atoms with Crippen molar-refractivity contribution in [2.45, 2.75) is 4.21 Å². The Balaban J connectivity index is 1.23. The van der Waals surface area contributed by atoms with E-state index in [2.05, 4.69) is 44.5 Å². The molecule has 0 bridgehead atoms. The summed E-state index contributed by atoms with van der Waals surface area (Å²) >= 11 is 4.83. The summed E-state index contributed by atoms with van der Waals surface area (Å²) in [6.07, 6.45) is 0. The van der Waals surface area contributed by atoms with Crippen LogP contribution in [0.25, 0.3) is 10.2 Å². The second kappa shape index (κ2) is 7.55. The zero-order valence-electron chi connectivity index (χ0n) is 15.4. The summed E-state index contributed by atoms with van der Waals surface area (Å²) in [7, 11) is 2.16. The Kier molecular flexibility index (Phi) is 4.92. The lowest BCUT2D eigenvalue weighted by molar-refractivity contribution is 0.215. The topological polar surface area (TPSA) is 60.5 Å². The van der Waals surface area contributed by atoms with Crippen LogP contribution in [0.15, 0.2) is 39.9 Å². The monoisotopic (exact) mass is 431 g/mol. The molecule has 5 rings (SSSR count). The number of aromatic nitrogens is 1. The molecule has 2 fully saturated rings. The molecule has 6 nitrogen and oxygen atoms in total. The number of thiazole rings is 1. The van der Waals surface area contributed by atoms with Gasteiger partial charge in [0.05, 0.1) is 14.4 Å². The van der Waals surface area contributed by atoms with Crippen LogP contribution >= 0.6 is 34.6 Å². The number of benzene rings is 1. The Morgan fingerprint density at radius 2 is 2.04 bits per heavy atom. The van der Waals surface area contributed by atoms with E-state index in [4.69, 9.17) is 0 Å². The number of hydrogen-bond acceptors (Lipinski definition) is 7. The SMILES string of the molecule is CN1CC2CN(C(=O)Nc3nc4ccc(NSc5cccs5)cc4s3)CC2C1. The summed E-state index contributed by atoms with van der Waals surface area (Å²) in [5.41, 5.74) is 1.94. The Morgan fingerprint density at radius 3 is 2.79 bits per heavy atom. The van der Waals surface area contributed by atoms with Gasteiger partial charge in [0.2, 0.25) is 0 Å². The summed E-state index contributed by atoms with van der Waals surface area (Å²) in [5.74, 6) is 1.22. The van der Waals surface area contributed by atoms with Crippen LogP contribution in [-0.2, 0) is 0 Å². The summed E-state index contributed by atoms with van der Waals surface area (Å²) in [6.45, 7) is 3.88. The van der Waals surface area contributed by atoms with Crippen LogP contribution in [-0.4, -0.2) is 54.0 Å². The Bertz CT molecular complexity index is 975. The minimum absolute atomic E-state index is 0.0253. The van der Waals surface area contributed by atoms with Crippen molar-refractivity contribution >= 4 is 61.7 Å². The molecule has 2 atom stereocenters. The highest BCUT2D eigenvalue weighted by atomic mass is 32.2. The van der Waals surface area contributed by atoms with E-state index < -0.39 is 0 Å². The maximum atomic E-state index is 12.7. The largest absolute Gasteiger partial charge is 0.325 e. The first kappa shape index (κ1) is 18.2. The van der Waals surface area contributed by atoms with E-state index in [9.17, 15) is 4.79 Å². The average molecular weight is 432 g/mol. The van der Waals surface area contributed by atoms with Crippen LogP contribution in [0.1, 0.15) is 0 Å². The third-order valence-corrected chi connectivity index (χ3v) is 8.13. The van der Waals surface area contributed by atoms with Gasteiger partial charge < -0.3 is 14.5 Å². The number of urea groups is 1. The third-order valence-electron chi connectivity index (χ3n) is 5.32. The first-order valence-electron chi connectivity index (χ1n) is 9.25. The van der Waals surface area contributed by atoms with Crippen LogP contribution in [0.3, 0.4) is 0 Å². The molecule has 0 spiro atoms. The fourth-order valence-electron chi connectivity index (χ4n) is 4.04. The van der Waals surface area contributed by atoms with Crippen LogP contribution in [0.5, 0.6) is 0 Å². The highest BCUT2D eigenvalue weighted by Gasteiger charge is 2.40. The Labute approximate surface area is 176 Å². The Hall–Kier alpha value is -1.81. The smallest absolute Gasteiger partial charge is 0.323 e. The molecule has 1 aromatic carbocycles. The lowest BCUT2D eigenvalue weighted by atomic mass is 10.0. The standard InChI is InChI=1S/C19H21N5OS3/c1-23-8-12-10-24(11-13(12)9-23)19(25)21-18-20-15-5-4-14(7-16(15)27-18)22-28-17-3-2-6-26-17/h2-7,12-13,22H,8-11H2,1H3,(H,20,21,25). The van der Waals surface area contributed by atoms with Crippen molar-refractivity contribution in [2.24, 2.45) is 11.8 Å². The van der Waals surface area contributed by atoms with Crippen LogP contribution in [0.2, 0.25) is 0 Å². The minimum Gasteiger partial charge on any atom is -0.325 e. The molecular formula is C19H21N5OS3. The van der Waals surface area contributed by atoms with Crippen molar-refractivity contribution < 1.29 is 4.79 Å². The van der Waals surface area contributed by atoms with Gasteiger partial charge in [-0.1, -0.05) is 17.4 Å². The van der Waals surface area contributed by atoms with E-state index in [-0.39, 0.29) is 6.03 Å². The van der Waals surface area contributed by atoms with Crippen LogP contribution in [0.4, 0.5) is 15.6 Å². The van der Waals surface area contributed by atoms with Gasteiger partial charge >= 0.3 is 6.03 Å². The molecule has 2 saturated heterocycles. The molecule has 28 heavy (non-hydrogen) atoms. The van der Waals surface area contributed by atoms with Crippen LogP contribution < -0.4 is 10.0 Å². The van der Waals surface area contributed by atoms with E-state index in [1.54, 1.807) is 23.3 Å². The molecule has 0 radical (unpaired) electrons. The van der Waals surface area contributed by atoms with Gasteiger partial charge in [0.15, 0.2) is 5.13 Å². The summed E-state index contributed by atoms with van der Waals surface area (Å²) in [6, 6.07) is 10.2. The lowest BCUT2D eigenvalue weighted by Crippen LogP contribution is -2.35. The van der Waals surface area contributed by atoms with E-state index >= 15 is 0 Å². The molecule has 2 aliphatic heterocycles. The van der Waals surface area contributed by atoms with Gasteiger partial charge in [-0.2, -0.15) is 0 Å². The molecule has 2 aliphatic rings. The van der Waals surface area contributed by atoms with Gasteiger partial charge in [0.1, 0.15) is 0 Å². The van der Waals surface area contributed by atoms with Gasteiger partial charge in [-0.15, -0.1) is 11.3 Å². The second-order valence-corrected chi connectivity index (χ2v) is 10.5. The van der Waals surface area contributed by atoms with E-state index in [0.29, 0.717) is 17.0 Å². The molecule has 2 amide bonds. The summed E-state index contributed by atoms with van der Waals surface area (Å²) in [5, 5.41) is 5.74. The zero-order chi connectivity index (χ0) is 19.1. The predicted molar refractivity (Wildman–Crippen MR) is 118 cm³/mol. The molecular weight excluding hydrogens is 410 g/mol. The molecule has 4 heterocycles. The van der Waals surface area contributed by atoms with Crippen molar-refractivity contribution in [1.82, 2.24) is 14.8 Å². The fraction of sp³-hybridized carbons (Fsp3) is 0.368. The lowest BCUT2D eigenvalue weighted by Gasteiger charge is -2.19. The van der Waals surface area contributed by atoms with Gasteiger partial charge in [0.25, 0.3) is 0 Å². The fourth-order valence-corrected chi connectivity index (χ4v) is 6.36. The molecule has 2 unspecified atom stereocenters. The van der Waals surface area contributed by atoms with Crippen molar-refractivity contribution in [2.75, 3.05) is 43.3 Å². The summed E-state index contributed by atoms with van der Waals surface area (Å²) in [4.78, 5) is 21.5. The van der Waals surface area contributed by atoms with E-state index in [0.717, 1.165) is 42.1 Å². The molecule has 9 heteroatoms. The quantitative estimate of drug-likeness (QED) is 0.596. The highest BCUT2D eigenvalue weighted by Crippen LogP contribution is 2.33. The number of thiophene rings is 1. The van der Waals surface area contributed by atoms with Gasteiger partial charge in [0, 0.05) is 31.9 Å². The minimum atomic E-state index is -0.0253. The highest BCUT2D eigenvalue weighted by molar-refractivity contribution is 8.02. The second-order valence-electron chi connectivity index (χ2n) is 7.41. The van der Waals surface area contributed by atoms with Crippen LogP contribution in [0, 0.1) is 11.8 Å². The maximum Gasteiger partial charge on any atom is 0.323 e. The molecule has 0 aliphatic carbocycles. The summed E-state index contributed by atoms with van der Waals surface area (Å²) < 4.78 is 5.65. The number of rotatable bonds is 4. The third kappa shape index (κ3) is 3.71. The number of likely N-dealkylation sites (tertiary alicyclic amines) is 2. The number of anilines is 2. The van der Waals surface area contributed by atoms with E-state index in [1.807, 2.05) is 23.1 Å². The Morgan fingerprint density at radius 1 is 1.21 bits per heavy atom. The van der Waals surface area contributed by atoms with Crippen molar-refractivity contribution in [1.29, 1.82) is 0 Å². The molecule has 0 saturated carbocycles. The molecule has 2 N–H and O–H groups in total. The van der Waals surface area contributed by atoms with Crippen molar-refractivity contribution in [3.8, 4) is 0 Å². The number of hydrogen-bond donors (Lipinski definition) is 2. The first-order chi connectivity index (χ1) is 13.6. The van der Waals surface area contributed by atoms with Crippen molar-refractivity contribution in [3.05, 3.63) is 35.7 Å². The number of amides is 2. The molecule has 3 aromatic rings. The number of carbonyl (C=O) groups excluding carboxylic acids is 1. The van der Waals surface area contributed by atoms with Gasteiger partial charge in [-0.25, -0.2) is 9.78 Å². The number of nitrogens with zero attached hydrogens (tertiary/aromatic N) is 3. The number of carbonyl (C=O) groups is 1. The van der Waals surface area contributed by atoms with Gasteiger partial charge in [-0.05, 0) is 60.5 Å².